The van der Waals surface area contributed by atoms with Gasteiger partial charge in [-0.1, -0.05) is 59.9 Å². The highest BCUT2D eigenvalue weighted by Gasteiger charge is 2.61. The minimum absolute atomic E-state index is 0.0164. The Labute approximate surface area is 506 Å². The Morgan fingerprint density at radius 2 is 1.40 bits per heavy atom. The average Bonchev–Trinajstić information content (AvgIpc) is 2.50. The molecule has 86 heavy (non-hydrogen) atoms. The van der Waals surface area contributed by atoms with Gasteiger partial charge in [0.05, 0.1) is 7.11 Å². The summed E-state index contributed by atoms with van der Waals surface area (Å²) in [6, 6.07) is 13.1. The van der Waals surface area contributed by atoms with Crippen LogP contribution < -0.4 is 42.1 Å². The number of carbonyl (C=O) groups excluding carboxylic acids is 5. The highest BCUT2D eigenvalue weighted by molar-refractivity contribution is 6.04. The summed E-state index contributed by atoms with van der Waals surface area (Å²) in [5.41, 5.74) is 4.69. The second-order valence-electron chi connectivity index (χ2n) is 26.4. The summed E-state index contributed by atoms with van der Waals surface area (Å²) in [4.78, 5) is 102. The average molecular weight is 1190 g/mol. The zero-order valence-electron chi connectivity index (χ0n) is 51.7. The molecule has 11 unspecified atom stereocenters. The summed E-state index contributed by atoms with van der Waals surface area (Å²) in [6.07, 6.45) is 14.6. The number of rotatable bonds is 29. The molecule has 0 bridgehead atoms. The molecule has 5 amide bonds. The van der Waals surface area contributed by atoms with E-state index in [0.29, 0.717) is 58.4 Å². The predicted molar refractivity (Wildman–Crippen MR) is 330 cm³/mol. The number of carboxylic acid groups (broad SMARTS) is 2. The van der Waals surface area contributed by atoms with Crippen molar-refractivity contribution in [3.8, 4) is 28.2 Å². The van der Waals surface area contributed by atoms with Gasteiger partial charge in [-0.3, -0.25) is 38.4 Å². The minimum atomic E-state index is -1.37. The molecule has 11 atom stereocenters. The van der Waals surface area contributed by atoms with E-state index in [0.717, 1.165) is 76.0 Å². The molecule has 5 aliphatic carbocycles. The van der Waals surface area contributed by atoms with E-state index in [1.54, 1.807) is 31.4 Å². The summed E-state index contributed by atoms with van der Waals surface area (Å²) in [7, 11) is 1.55. The number of hydrogen-bond acceptors (Lipinski definition) is 11. The van der Waals surface area contributed by atoms with Gasteiger partial charge in [0.2, 0.25) is 23.6 Å². The number of hydrogen-bond donors (Lipinski definition) is 8. The van der Waals surface area contributed by atoms with Gasteiger partial charge >= 0.3 is 11.9 Å². The lowest BCUT2D eigenvalue weighted by Crippen LogP contribution is -2.55. The third-order valence-corrected chi connectivity index (χ3v) is 20.4. The first-order valence-electron chi connectivity index (χ1n) is 31.8. The largest absolute Gasteiger partial charge is 0.497 e. The standard InChI is InChI=1S/C68H94N6O12/c1-40(2)11-8-9-12-52-42(4)36-54-49-18-14-44-37-45(25-29-67(44,5)53(49)26-30-68(52,54)6)69-31-10-32-71-65(83)55(21-23-61(78)79)74-66(84)56(22-24-62(80)81)73-60(77)28-33-70-59(76)27-34-72-64(82)43-13-17-48(41(3)35-43)63-50-19-15-46(75)38-57(50)86-58-39-47(85-7)16-20-51(58)63/h13,15-17,19-20,35,38-40,42,44-45,49,52-56,69H,8-12,14,18,21-34,36-37H2,1-7H3,(H,70,76)(H,71,83)(H,72,82)(H,73,77)(H,74,84)(H,78,79)(H,80,81). The Kier molecular flexibility index (Phi) is 22.2. The smallest absolute Gasteiger partial charge is 0.303 e. The van der Waals surface area contributed by atoms with Crippen molar-refractivity contribution in [2.45, 2.75) is 182 Å². The van der Waals surface area contributed by atoms with Crippen molar-refractivity contribution in [2.24, 2.45) is 52.3 Å². The van der Waals surface area contributed by atoms with Crippen LogP contribution in [0.4, 0.5) is 0 Å². The van der Waals surface area contributed by atoms with Crippen LogP contribution in [0.1, 0.15) is 173 Å². The Morgan fingerprint density at radius 3 is 2.12 bits per heavy atom. The number of ether oxygens (including phenoxy) is 1. The van der Waals surface area contributed by atoms with Gasteiger partial charge in [-0.25, -0.2) is 0 Å². The van der Waals surface area contributed by atoms with Crippen molar-refractivity contribution >= 4 is 52.4 Å². The van der Waals surface area contributed by atoms with Crippen LogP contribution in [0.25, 0.3) is 33.4 Å². The van der Waals surface area contributed by atoms with Crippen LogP contribution in [0.2, 0.25) is 0 Å². The maximum atomic E-state index is 13.7. The van der Waals surface area contributed by atoms with E-state index in [-0.39, 0.29) is 50.7 Å². The van der Waals surface area contributed by atoms with Gasteiger partial charge in [0, 0.05) is 85.6 Å². The Morgan fingerprint density at radius 1 is 0.686 bits per heavy atom. The maximum absolute atomic E-state index is 13.7. The zero-order chi connectivity index (χ0) is 61.9. The zero-order valence-corrected chi connectivity index (χ0v) is 51.7. The highest BCUT2D eigenvalue weighted by Crippen LogP contribution is 2.69. The van der Waals surface area contributed by atoms with Crippen LogP contribution in [-0.4, -0.2) is 103 Å². The molecule has 1 heterocycles. The first-order valence-corrected chi connectivity index (χ1v) is 31.8. The van der Waals surface area contributed by atoms with Crippen LogP contribution in [0, 0.1) is 59.2 Å². The van der Waals surface area contributed by atoms with Gasteiger partial charge in [-0.05, 0) is 190 Å². The number of aryl methyl sites for hydroxylation is 1. The summed E-state index contributed by atoms with van der Waals surface area (Å²) in [5.74, 6) is 1.30. The van der Waals surface area contributed by atoms with E-state index >= 15 is 0 Å². The van der Waals surface area contributed by atoms with E-state index in [1.807, 2.05) is 25.1 Å². The molecular formula is C68H94N6O12. The molecule has 4 fully saturated rings. The number of amides is 5. The summed E-state index contributed by atoms with van der Waals surface area (Å²) >= 11 is 0. The van der Waals surface area contributed by atoms with Gasteiger partial charge in [-0.15, -0.1) is 0 Å². The molecule has 0 saturated heterocycles. The fourth-order valence-electron chi connectivity index (χ4n) is 15.9. The van der Waals surface area contributed by atoms with Crippen molar-refractivity contribution in [3.05, 3.63) is 75.9 Å². The second-order valence-corrected chi connectivity index (χ2v) is 26.4. The molecule has 18 heteroatoms. The first-order chi connectivity index (χ1) is 41.1. The summed E-state index contributed by atoms with van der Waals surface area (Å²) in [6.45, 7) is 15.2. The van der Waals surface area contributed by atoms with Crippen molar-refractivity contribution in [1.29, 1.82) is 0 Å². The fraction of sp³-hybridized carbons (Fsp3) is 0.618. The Bertz CT molecular complexity index is 3100. The Hall–Kier alpha value is -6.82. The number of fused-ring (bicyclic) bond motifs is 7. The lowest BCUT2D eigenvalue weighted by molar-refractivity contribution is -0.139. The van der Waals surface area contributed by atoms with Crippen molar-refractivity contribution < 1.29 is 52.9 Å². The van der Waals surface area contributed by atoms with E-state index in [4.69, 9.17) is 9.15 Å². The first kappa shape index (κ1) is 65.2. The molecule has 2 aromatic carbocycles. The van der Waals surface area contributed by atoms with Gasteiger partial charge in [0.25, 0.3) is 5.91 Å². The molecule has 0 radical (unpaired) electrons. The lowest BCUT2D eigenvalue weighted by atomic mass is 9.44. The van der Waals surface area contributed by atoms with Gasteiger partial charge in [0.1, 0.15) is 29.2 Å². The maximum Gasteiger partial charge on any atom is 0.303 e. The molecule has 0 spiro atoms. The summed E-state index contributed by atoms with van der Waals surface area (Å²) in [5, 5.41) is 36.8. The molecule has 1 aliphatic heterocycles. The van der Waals surface area contributed by atoms with Crippen molar-refractivity contribution in [3.63, 3.8) is 0 Å². The number of nitrogens with one attached hydrogen (secondary N) is 6. The monoisotopic (exact) mass is 1190 g/mol. The van der Waals surface area contributed by atoms with Crippen molar-refractivity contribution in [1.82, 2.24) is 31.9 Å². The number of unbranched alkanes of at least 4 members (excludes halogenated alkanes) is 1. The normalized spacial score (nSPS) is 24.8. The second kappa shape index (κ2) is 29.2. The van der Waals surface area contributed by atoms with E-state index in [9.17, 15) is 48.6 Å². The van der Waals surface area contributed by atoms with Crippen LogP contribution in [0.15, 0.2) is 63.8 Å². The molecule has 6 aliphatic rings. The number of benzene rings is 3. The van der Waals surface area contributed by atoms with Gasteiger partial charge < -0.3 is 51.3 Å². The quantitative estimate of drug-likeness (QED) is 0.0186. The molecule has 468 valence electrons. The molecule has 18 nitrogen and oxygen atoms in total. The molecule has 2 aromatic rings. The minimum Gasteiger partial charge on any atom is -0.497 e. The number of carbonyl (C=O) groups is 7. The third-order valence-electron chi connectivity index (χ3n) is 20.4. The van der Waals surface area contributed by atoms with E-state index in [1.165, 1.54) is 76.3 Å². The van der Waals surface area contributed by atoms with Crippen LogP contribution in [-0.2, 0) is 28.8 Å². The molecule has 4 saturated carbocycles. The van der Waals surface area contributed by atoms with Gasteiger partial charge in [0.15, 0.2) is 5.43 Å². The van der Waals surface area contributed by atoms with Crippen LogP contribution >= 0.6 is 0 Å². The van der Waals surface area contributed by atoms with E-state index < -0.39 is 66.4 Å². The Balaban J connectivity index is 0.752. The van der Waals surface area contributed by atoms with Crippen molar-refractivity contribution in [2.75, 3.05) is 33.3 Å². The molecule has 8 rings (SSSR count). The van der Waals surface area contributed by atoms with E-state index in [2.05, 4.69) is 66.5 Å². The fourth-order valence-corrected chi connectivity index (χ4v) is 15.9. The molecular weight excluding hydrogens is 1090 g/mol. The number of aliphatic carboxylic acids is 2. The highest BCUT2D eigenvalue weighted by atomic mass is 16.5. The SMILES string of the molecule is COc1ccc2c(-c3ccc(C(=O)NCCC(=O)NCCC(=O)NC(CCC(=O)O)C(=O)NC(CCC(=O)O)C(=O)NCCCNC4CCC5(C)C(CCC6C5CCC5(C)C(CCCCC(C)C)C(C)CC65)C4)cc3C)c3ccc(=O)cc-3oc2c1. The van der Waals surface area contributed by atoms with Crippen LogP contribution in [0.5, 0.6) is 5.75 Å². The summed E-state index contributed by atoms with van der Waals surface area (Å²) < 4.78 is 11.5. The van der Waals surface area contributed by atoms with Gasteiger partial charge in [-0.2, -0.15) is 0 Å². The predicted octanol–water partition coefficient (Wildman–Crippen LogP) is 9.79. The number of carboxylic acids is 2. The molecule has 8 N–H and O–H groups in total. The van der Waals surface area contributed by atoms with Crippen LogP contribution in [0.3, 0.4) is 0 Å². The third kappa shape index (κ3) is 15.8. The number of methoxy groups -OCH3 is 1. The molecule has 0 aromatic heterocycles. The lowest BCUT2D eigenvalue weighted by Gasteiger charge is -2.61. The topological polar surface area (TPSA) is 272 Å².